The van der Waals surface area contributed by atoms with Crippen LogP contribution in [0.15, 0.2) is 67.1 Å². The molecular weight excluding hydrogens is 378 g/mol. The number of carbonyl (C=O) groups excluding carboxylic acids is 1. The van der Waals surface area contributed by atoms with Gasteiger partial charge in [-0.15, -0.1) is 0 Å². The molecule has 0 aliphatic heterocycles. The molecule has 6 nitrogen and oxygen atoms in total. The number of carbonyl (C=O) groups is 1. The highest BCUT2D eigenvalue weighted by Gasteiger charge is 2.42. The molecule has 8 heteroatoms. The van der Waals surface area contributed by atoms with E-state index in [0.717, 1.165) is 11.0 Å². The van der Waals surface area contributed by atoms with Crippen molar-refractivity contribution in [3.8, 4) is 16.9 Å². The maximum Gasteiger partial charge on any atom is 0.381 e. The first kappa shape index (κ1) is 18.7. The maximum atomic E-state index is 14.3. The molecule has 0 N–H and O–H groups in total. The normalized spacial score (nSPS) is 11.6. The third kappa shape index (κ3) is 3.56. The molecule has 0 atom stereocenters. The van der Waals surface area contributed by atoms with Crippen LogP contribution in [0.25, 0.3) is 28.0 Å². The second kappa shape index (κ2) is 7.38. The zero-order valence-corrected chi connectivity index (χ0v) is 15.4. The van der Waals surface area contributed by atoms with Gasteiger partial charge < -0.3 is 4.74 Å². The predicted octanol–water partition coefficient (Wildman–Crippen LogP) is 4.14. The minimum Gasteiger partial charge on any atom is -0.461 e. The number of esters is 1. The molecule has 4 rings (SSSR count). The molecule has 29 heavy (non-hydrogen) atoms. The fourth-order valence-electron chi connectivity index (χ4n) is 2.88. The third-order valence-electron chi connectivity index (χ3n) is 4.33. The van der Waals surface area contributed by atoms with Crippen molar-refractivity contribution < 1.29 is 18.3 Å². The number of rotatable bonds is 5. The summed E-state index contributed by atoms with van der Waals surface area (Å²) in [6.45, 7) is 1.36. The van der Waals surface area contributed by atoms with Crippen LogP contribution in [0.3, 0.4) is 0 Å². The third-order valence-corrected chi connectivity index (χ3v) is 4.33. The molecular formula is C21H16F2N4O2. The van der Waals surface area contributed by atoms with Crippen molar-refractivity contribution in [2.75, 3.05) is 6.61 Å². The number of halogens is 2. The van der Waals surface area contributed by atoms with Crippen LogP contribution >= 0.6 is 0 Å². The summed E-state index contributed by atoms with van der Waals surface area (Å²) in [5, 5.41) is 4.24. The molecule has 146 valence electrons. The Morgan fingerprint density at radius 2 is 1.90 bits per heavy atom. The average molecular weight is 394 g/mol. The standard InChI is InChI=1S/C21H16F2N4O2/c1-2-29-20(28)21(22,23)15-6-5-7-16(10-15)27-13-14(11-25-27)19-12-24-17-8-3-4-9-18(17)26-19/h3-13H,2H2,1H3. The van der Waals surface area contributed by atoms with E-state index >= 15 is 0 Å². The van der Waals surface area contributed by atoms with E-state index in [1.165, 1.54) is 29.8 Å². The first-order valence-electron chi connectivity index (χ1n) is 8.92. The Balaban J connectivity index is 1.66. The molecule has 4 aromatic rings. The van der Waals surface area contributed by atoms with Gasteiger partial charge in [0.15, 0.2) is 0 Å². The van der Waals surface area contributed by atoms with E-state index in [9.17, 15) is 13.6 Å². The van der Waals surface area contributed by atoms with Crippen LogP contribution in [0.5, 0.6) is 0 Å². The zero-order chi connectivity index (χ0) is 20.4. The second-order valence-electron chi connectivity index (χ2n) is 6.26. The van der Waals surface area contributed by atoms with Crippen molar-refractivity contribution in [1.29, 1.82) is 0 Å². The monoisotopic (exact) mass is 394 g/mol. The van der Waals surface area contributed by atoms with E-state index in [2.05, 4.69) is 19.8 Å². The summed E-state index contributed by atoms with van der Waals surface area (Å²) in [6.07, 6.45) is 4.88. The average Bonchev–Trinajstić information content (AvgIpc) is 3.24. The lowest BCUT2D eigenvalue weighted by atomic mass is 10.1. The Labute approximate surface area is 164 Å². The molecule has 2 aromatic heterocycles. The van der Waals surface area contributed by atoms with Crippen LogP contribution in [-0.4, -0.2) is 32.3 Å². The van der Waals surface area contributed by atoms with Gasteiger partial charge in [-0.25, -0.2) is 14.5 Å². The van der Waals surface area contributed by atoms with Crippen molar-refractivity contribution in [2.45, 2.75) is 12.8 Å². The molecule has 0 fully saturated rings. The van der Waals surface area contributed by atoms with Gasteiger partial charge in [0.2, 0.25) is 0 Å². The Morgan fingerprint density at radius 1 is 1.10 bits per heavy atom. The van der Waals surface area contributed by atoms with Crippen molar-refractivity contribution >= 4 is 17.0 Å². The van der Waals surface area contributed by atoms with Crippen LogP contribution in [0.1, 0.15) is 12.5 Å². The van der Waals surface area contributed by atoms with Gasteiger partial charge in [0.1, 0.15) is 0 Å². The summed E-state index contributed by atoms with van der Waals surface area (Å²) in [5.41, 5.74) is 2.74. The first-order valence-corrected chi connectivity index (χ1v) is 8.92. The topological polar surface area (TPSA) is 69.9 Å². The van der Waals surface area contributed by atoms with Crippen molar-refractivity contribution in [1.82, 2.24) is 19.7 Å². The summed E-state index contributed by atoms with van der Waals surface area (Å²) >= 11 is 0. The van der Waals surface area contributed by atoms with Gasteiger partial charge in [0.25, 0.3) is 0 Å². The number of hydrogen-bond acceptors (Lipinski definition) is 5. The molecule has 0 aliphatic rings. The molecule has 2 aromatic carbocycles. The highest BCUT2D eigenvalue weighted by molar-refractivity contribution is 5.79. The number of benzene rings is 2. The Morgan fingerprint density at radius 3 is 2.69 bits per heavy atom. The van der Waals surface area contributed by atoms with Gasteiger partial charge in [0, 0.05) is 17.3 Å². The number of hydrogen-bond donors (Lipinski definition) is 0. The number of ether oxygens (including phenoxy) is 1. The van der Waals surface area contributed by atoms with E-state index in [-0.39, 0.29) is 6.61 Å². The van der Waals surface area contributed by atoms with Crippen LogP contribution in [0.4, 0.5) is 8.78 Å². The smallest absolute Gasteiger partial charge is 0.381 e. The molecule has 0 amide bonds. The summed E-state index contributed by atoms with van der Waals surface area (Å²) in [7, 11) is 0. The highest BCUT2D eigenvalue weighted by atomic mass is 19.3. The minimum atomic E-state index is -3.74. The first-order chi connectivity index (χ1) is 14.0. The summed E-state index contributed by atoms with van der Waals surface area (Å²) in [5.74, 6) is -5.32. The Bertz CT molecular complexity index is 1190. The highest BCUT2D eigenvalue weighted by Crippen LogP contribution is 2.31. The van der Waals surface area contributed by atoms with E-state index < -0.39 is 17.5 Å². The van der Waals surface area contributed by atoms with E-state index in [1.54, 1.807) is 24.7 Å². The molecule has 0 spiro atoms. The number of para-hydroxylation sites is 2. The molecule has 0 saturated heterocycles. The fraction of sp³-hybridized carbons (Fsp3) is 0.143. The van der Waals surface area contributed by atoms with Crippen LogP contribution in [0.2, 0.25) is 0 Å². The van der Waals surface area contributed by atoms with Crippen molar-refractivity contribution in [3.05, 3.63) is 72.7 Å². The quantitative estimate of drug-likeness (QED) is 0.476. The fourth-order valence-corrected chi connectivity index (χ4v) is 2.88. The zero-order valence-electron chi connectivity index (χ0n) is 15.4. The molecule has 0 radical (unpaired) electrons. The van der Waals surface area contributed by atoms with Gasteiger partial charge in [-0.3, -0.25) is 4.98 Å². The Hall–Kier alpha value is -3.68. The Kier molecular flexibility index (Phi) is 4.75. The molecule has 0 unspecified atom stereocenters. The number of aromatic nitrogens is 4. The predicted molar refractivity (Wildman–Crippen MR) is 103 cm³/mol. The SMILES string of the molecule is CCOC(=O)C(F)(F)c1cccc(-n2cc(-c3cnc4ccccc4n3)cn2)c1. The second-order valence-corrected chi connectivity index (χ2v) is 6.26. The minimum absolute atomic E-state index is 0.122. The summed E-state index contributed by atoms with van der Waals surface area (Å²) in [4.78, 5) is 20.5. The summed E-state index contributed by atoms with van der Waals surface area (Å²) in [6, 6.07) is 12.9. The van der Waals surface area contributed by atoms with Crippen LogP contribution in [0, 0.1) is 0 Å². The van der Waals surface area contributed by atoms with Crippen molar-refractivity contribution in [3.63, 3.8) is 0 Å². The van der Waals surface area contributed by atoms with Crippen LogP contribution in [-0.2, 0) is 15.5 Å². The van der Waals surface area contributed by atoms with Crippen molar-refractivity contribution in [2.24, 2.45) is 0 Å². The number of alkyl halides is 2. The van der Waals surface area contributed by atoms with Crippen LogP contribution < -0.4 is 0 Å². The number of nitrogens with zero attached hydrogens (tertiary/aromatic N) is 4. The lowest BCUT2D eigenvalue weighted by Crippen LogP contribution is -2.28. The molecule has 0 bridgehead atoms. The van der Waals surface area contributed by atoms with Gasteiger partial charge in [-0.1, -0.05) is 24.3 Å². The molecule has 0 saturated carbocycles. The maximum absolute atomic E-state index is 14.3. The van der Waals surface area contributed by atoms with E-state index in [1.807, 2.05) is 24.3 Å². The lowest BCUT2D eigenvalue weighted by Gasteiger charge is -2.15. The van der Waals surface area contributed by atoms with Gasteiger partial charge in [0.05, 0.1) is 41.4 Å². The summed E-state index contributed by atoms with van der Waals surface area (Å²) < 4.78 is 34.6. The molecule has 2 heterocycles. The van der Waals surface area contributed by atoms with E-state index in [0.29, 0.717) is 16.9 Å². The van der Waals surface area contributed by atoms with Gasteiger partial charge in [-0.2, -0.15) is 13.9 Å². The number of fused-ring (bicyclic) bond motifs is 1. The van der Waals surface area contributed by atoms with Gasteiger partial charge >= 0.3 is 11.9 Å². The van der Waals surface area contributed by atoms with E-state index in [4.69, 9.17) is 0 Å². The van der Waals surface area contributed by atoms with Gasteiger partial charge in [-0.05, 0) is 31.2 Å². The largest absolute Gasteiger partial charge is 0.461 e. The lowest BCUT2D eigenvalue weighted by molar-refractivity contribution is -0.173. The molecule has 0 aliphatic carbocycles.